The van der Waals surface area contributed by atoms with E-state index in [1.54, 1.807) is 20.8 Å². The number of amides is 3. The summed E-state index contributed by atoms with van der Waals surface area (Å²) in [5.74, 6) is -0.496. The van der Waals surface area contributed by atoms with E-state index in [1.165, 1.54) is 16.7 Å². The lowest BCUT2D eigenvalue weighted by Gasteiger charge is -2.38. The lowest BCUT2D eigenvalue weighted by atomic mass is 9.86. The minimum atomic E-state index is -1.62. The van der Waals surface area contributed by atoms with Gasteiger partial charge < -0.3 is 21.1 Å². The van der Waals surface area contributed by atoms with Crippen molar-refractivity contribution in [2.75, 3.05) is 19.7 Å². The molecule has 0 radical (unpaired) electrons. The Morgan fingerprint density at radius 3 is 2.43 bits per heavy atom. The number of hydroxylamine groups is 2. The SMILES string of the molecule is CCCO[N+](=O)ON(C(=O)O)[C@@H](C(=O)N1CCC[C@H]1C(=O)NCC1CCC(N)CC1)C(C)(C)SC(C)C. The van der Waals surface area contributed by atoms with Crippen LogP contribution in [0.1, 0.15) is 79.6 Å². The first kappa shape index (κ1) is 30.9. The van der Waals surface area contributed by atoms with Crippen LogP contribution in [0.15, 0.2) is 0 Å². The van der Waals surface area contributed by atoms with Gasteiger partial charge in [-0.15, -0.1) is 0 Å². The molecule has 0 aromatic rings. The third-order valence-corrected chi connectivity index (χ3v) is 8.01. The standard InChI is InChI=1S/C24H43N5O7S/c1-6-14-35-29(34)36-28(23(32)33)20(24(4,5)37-16(2)3)22(31)27-13-7-8-19(27)21(30)26-15-17-9-11-18(25)12-10-17/h16-20H,6-15,25H2,1-5H3,(H-,26,30,32,33)/p+1/t17?,18?,19-,20-/m0/s1. The molecule has 1 saturated carbocycles. The van der Waals surface area contributed by atoms with E-state index in [0.717, 1.165) is 25.7 Å². The zero-order valence-corrected chi connectivity index (χ0v) is 23.5. The van der Waals surface area contributed by atoms with Crippen LogP contribution in [0.4, 0.5) is 4.79 Å². The molecule has 2 aliphatic rings. The molecule has 0 bridgehead atoms. The van der Waals surface area contributed by atoms with Crippen LogP contribution in [0, 0.1) is 10.8 Å². The summed E-state index contributed by atoms with van der Waals surface area (Å²) in [7, 11) is 0. The minimum absolute atomic E-state index is 0.0149. The first-order chi connectivity index (χ1) is 17.4. The molecule has 2 fully saturated rings. The number of carbonyl (C=O) groups is 3. The van der Waals surface area contributed by atoms with Gasteiger partial charge in [0.05, 0.1) is 0 Å². The number of nitrogens with two attached hydrogens (primary N) is 1. The molecule has 0 aromatic carbocycles. The Morgan fingerprint density at radius 1 is 1.22 bits per heavy atom. The molecule has 2 atom stereocenters. The molecule has 12 nitrogen and oxygen atoms in total. The van der Waals surface area contributed by atoms with Gasteiger partial charge in [0, 0.05) is 23.9 Å². The van der Waals surface area contributed by atoms with Crippen molar-refractivity contribution < 1.29 is 34.4 Å². The molecule has 37 heavy (non-hydrogen) atoms. The van der Waals surface area contributed by atoms with E-state index >= 15 is 0 Å². The van der Waals surface area contributed by atoms with Crippen LogP contribution in [0.25, 0.3) is 0 Å². The Bertz CT molecular complexity index is 804. The number of nitrogens with one attached hydrogen (secondary N) is 1. The topological polar surface area (TPSA) is 155 Å². The number of nitrogens with zero attached hydrogens (tertiary/aromatic N) is 3. The summed E-state index contributed by atoms with van der Waals surface area (Å²) in [4.78, 5) is 62.6. The Hall–Kier alpha value is -2.28. The van der Waals surface area contributed by atoms with Crippen LogP contribution in [0.3, 0.4) is 0 Å². The van der Waals surface area contributed by atoms with Crippen molar-refractivity contribution in [1.82, 2.24) is 15.3 Å². The van der Waals surface area contributed by atoms with Crippen molar-refractivity contribution in [3.63, 3.8) is 0 Å². The molecule has 0 aromatic heterocycles. The van der Waals surface area contributed by atoms with Crippen molar-refractivity contribution in [3.05, 3.63) is 4.91 Å². The number of hydrogen-bond acceptors (Lipinski definition) is 8. The summed E-state index contributed by atoms with van der Waals surface area (Å²) >= 11 is 1.38. The molecule has 0 spiro atoms. The Labute approximate surface area is 223 Å². The summed E-state index contributed by atoms with van der Waals surface area (Å²) in [6.45, 7) is 9.91. The second-order valence-electron chi connectivity index (χ2n) is 10.6. The summed E-state index contributed by atoms with van der Waals surface area (Å²) < 4.78 is -1.00. The van der Waals surface area contributed by atoms with Gasteiger partial charge in [0.15, 0.2) is 12.6 Å². The zero-order chi connectivity index (χ0) is 27.8. The molecular formula is C24H44N5O7S+. The van der Waals surface area contributed by atoms with Gasteiger partial charge in [-0.05, 0) is 74.9 Å². The Kier molecular flexibility index (Phi) is 11.7. The highest BCUT2D eigenvalue weighted by atomic mass is 32.2. The average molecular weight is 547 g/mol. The van der Waals surface area contributed by atoms with Gasteiger partial charge in [-0.2, -0.15) is 16.6 Å². The quantitative estimate of drug-likeness (QED) is 0.296. The Balaban J connectivity index is 2.23. The fourth-order valence-corrected chi connectivity index (χ4v) is 6.56. The van der Waals surface area contributed by atoms with Gasteiger partial charge in [0.25, 0.3) is 5.91 Å². The van der Waals surface area contributed by atoms with Crippen LogP contribution in [-0.2, 0) is 19.4 Å². The van der Waals surface area contributed by atoms with Gasteiger partial charge in [0.2, 0.25) is 5.91 Å². The first-order valence-corrected chi connectivity index (χ1v) is 14.1. The molecule has 1 saturated heterocycles. The molecular weight excluding hydrogens is 502 g/mol. The number of hydrogen-bond donors (Lipinski definition) is 3. The molecule has 1 aliphatic heterocycles. The fourth-order valence-electron chi connectivity index (χ4n) is 5.02. The Morgan fingerprint density at radius 2 is 1.86 bits per heavy atom. The highest BCUT2D eigenvalue weighted by Crippen LogP contribution is 2.37. The summed E-state index contributed by atoms with van der Waals surface area (Å²) in [5, 5.41) is 13.0. The predicted molar refractivity (Wildman–Crippen MR) is 139 cm³/mol. The third kappa shape index (κ3) is 8.91. The fraction of sp³-hybridized carbons (Fsp3) is 0.875. The molecule has 3 amide bonds. The van der Waals surface area contributed by atoms with Gasteiger partial charge in [0.1, 0.15) is 10.9 Å². The average Bonchev–Trinajstić information content (AvgIpc) is 3.30. The van der Waals surface area contributed by atoms with E-state index in [4.69, 9.17) is 15.5 Å². The maximum atomic E-state index is 13.9. The zero-order valence-electron chi connectivity index (χ0n) is 22.7. The van der Waals surface area contributed by atoms with E-state index in [1.807, 2.05) is 13.8 Å². The van der Waals surface area contributed by atoms with E-state index in [2.05, 4.69) is 5.32 Å². The van der Waals surface area contributed by atoms with Crippen LogP contribution in [-0.4, -0.2) is 85.9 Å². The van der Waals surface area contributed by atoms with Crippen LogP contribution in [0.5, 0.6) is 0 Å². The smallest absolute Gasteiger partial charge is 0.463 e. The number of likely N-dealkylation sites (tertiary alicyclic amines) is 1. The van der Waals surface area contributed by atoms with Crippen molar-refractivity contribution >= 4 is 29.7 Å². The van der Waals surface area contributed by atoms with Gasteiger partial charge in [-0.1, -0.05) is 25.8 Å². The third-order valence-electron chi connectivity index (χ3n) is 6.71. The van der Waals surface area contributed by atoms with Crippen LogP contribution in [0.2, 0.25) is 0 Å². The van der Waals surface area contributed by atoms with Crippen molar-refractivity contribution in [3.8, 4) is 0 Å². The number of thioether (sulfide) groups is 1. The summed E-state index contributed by atoms with van der Waals surface area (Å²) in [6.07, 6.45) is 3.73. The first-order valence-electron chi connectivity index (χ1n) is 13.2. The van der Waals surface area contributed by atoms with E-state index in [0.29, 0.717) is 43.3 Å². The maximum absolute atomic E-state index is 13.9. The monoisotopic (exact) mass is 546 g/mol. The molecule has 0 unspecified atom stereocenters. The normalized spacial score (nSPS) is 22.9. The number of rotatable bonds is 13. The minimum Gasteiger partial charge on any atom is -0.463 e. The van der Waals surface area contributed by atoms with Crippen molar-refractivity contribution in [2.45, 2.75) is 108 Å². The lowest BCUT2D eigenvalue weighted by Crippen LogP contribution is -2.61. The van der Waals surface area contributed by atoms with Gasteiger partial charge >= 0.3 is 11.2 Å². The number of carbonyl (C=O) groups excluding carboxylic acids is 2. The molecule has 1 heterocycles. The molecule has 212 valence electrons. The van der Waals surface area contributed by atoms with Crippen LogP contribution < -0.4 is 11.1 Å². The maximum Gasteiger partial charge on any atom is 0.504 e. The molecule has 1 aliphatic carbocycles. The van der Waals surface area contributed by atoms with Crippen molar-refractivity contribution in [2.24, 2.45) is 11.7 Å². The van der Waals surface area contributed by atoms with Gasteiger partial charge in [-0.3, -0.25) is 9.59 Å². The lowest BCUT2D eigenvalue weighted by molar-refractivity contribution is -1.01. The highest BCUT2D eigenvalue weighted by molar-refractivity contribution is 8.01. The highest BCUT2D eigenvalue weighted by Gasteiger charge is 2.52. The second-order valence-corrected chi connectivity index (χ2v) is 12.9. The summed E-state index contributed by atoms with van der Waals surface area (Å²) in [5.41, 5.74) is 5.98. The summed E-state index contributed by atoms with van der Waals surface area (Å²) in [6, 6.07) is -1.92. The number of carboxylic acid groups (broad SMARTS) is 1. The molecule has 4 N–H and O–H groups in total. The molecule has 13 heteroatoms. The molecule has 2 rings (SSSR count). The predicted octanol–water partition coefficient (Wildman–Crippen LogP) is 2.85. The van der Waals surface area contributed by atoms with Crippen LogP contribution >= 0.6 is 11.8 Å². The van der Waals surface area contributed by atoms with E-state index in [9.17, 15) is 24.4 Å². The second kappa shape index (κ2) is 14.0. The van der Waals surface area contributed by atoms with E-state index in [-0.39, 0.29) is 28.9 Å². The van der Waals surface area contributed by atoms with Crippen molar-refractivity contribution in [1.29, 1.82) is 0 Å². The largest absolute Gasteiger partial charge is 0.504 e. The van der Waals surface area contributed by atoms with E-state index < -0.39 is 28.8 Å². The van der Waals surface area contributed by atoms with Gasteiger partial charge in [-0.25, -0.2) is 4.79 Å².